The largest absolute Gasteiger partial charge is 0.407 e. The van der Waals surface area contributed by atoms with E-state index < -0.39 is 12.2 Å². The first-order valence-corrected chi connectivity index (χ1v) is 5.66. The van der Waals surface area contributed by atoms with Crippen molar-refractivity contribution >= 4 is 5.69 Å². The lowest BCUT2D eigenvalue weighted by atomic mass is 10.1. The van der Waals surface area contributed by atoms with E-state index in [-0.39, 0.29) is 5.56 Å². The lowest BCUT2D eigenvalue weighted by Crippen LogP contribution is -2.28. The zero-order valence-corrected chi connectivity index (χ0v) is 9.37. The topological polar surface area (TPSA) is 29.3 Å². The van der Waals surface area contributed by atoms with Crippen LogP contribution < -0.4 is 10.6 Å². The van der Waals surface area contributed by atoms with Gasteiger partial charge in [0.1, 0.15) is 6.04 Å². The number of alkyl halides is 3. The van der Waals surface area contributed by atoms with E-state index in [0.29, 0.717) is 0 Å². The average molecular weight is 244 g/mol. The second kappa shape index (κ2) is 4.56. The first-order chi connectivity index (χ1) is 7.98. The molecule has 1 aliphatic heterocycles. The molecule has 17 heavy (non-hydrogen) atoms. The highest BCUT2D eigenvalue weighted by Gasteiger charge is 2.37. The lowest BCUT2D eigenvalue weighted by molar-refractivity contribution is -0.149. The van der Waals surface area contributed by atoms with Gasteiger partial charge in [0.25, 0.3) is 0 Å². The summed E-state index contributed by atoms with van der Waals surface area (Å²) in [5, 5.41) is 0. The van der Waals surface area contributed by atoms with Crippen LogP contribution in [0.1, 0.15) is 24.4 Å². The number of hydrogen-bond acceptors (Lipinski definition) is 2. The van der Waals surface area contributed by atoms with Gasteiger partial charge in [0.2, 0.25) is 0 Å². The highest BCUT2D eigenvalue weighted by atomic mass is 19.4. The molecule has 1 fully saturated rings. The van der Waals surface area contributed by atoms with Gasteiger partial charge in [-0.1, -0.05) is 12.1 Å². The van der Waals surface area contributed by atoms with Gasteiger partial charge >= 0.3 is 6.18 Å². The van der Waals surface area contributed by atoms with E-state index in [1.54, 1.807) is 12.1 Å². The first-order valence-electron chi connectivity index (χ1n) is 5.66. The molecule has 1 aromatic rings. The number of nitrogens with two attached hydrogens (primary N) is 1. The van der Waals surface area contributed by atoms with Crippen LogP contribution >= 0.6 is 0 Å². The van der Waals surface area contributed by atoms with E-state index in [1.165, 1.54) is 12.1 Å². The second-order valence-electron chi connectivity index (χ2n) is 4.30. The van der Waals surface area contributed by atoms with Crippen molar-refractivity contribution in [3.63, 3.8) is 0 Å². The summed E-state index contributed by atoms with van der Waals surface area (Å²) in [5.41, 5.74) is 6.22. The molecule has 0 saturated carbocycles. The van der Waals surface area contributed by atoms with Crippen LogP contribution in [-0.2, 0) is 0 Å². The molecule has 0 aromatic heterocycles. The maximum Gasteiger partial charge on any atom is 0.407 e. The van der Waals surface area contributed by atoms with E-state index in [4.69, 9.17) is 5.73 Å². The molecule has 0 radical (unpaired) electrons. The Morgan fingerprint density at radius 3 is 2.06 bits per heavy atom. The average Bonchev–Trinajstić information content (AvgIpc) is 2.80. The molecule has 2 N–H and O–H groups in total. The molecule has 1 saturated heterocycles. The Morgan fingerprint density at radius 1 is 1.06 bits per heavy atom. The number of nitrogens with zero attached hydrogens (tertiary/aromatic N) is 1. The van der Waals surface area contributed by atoms with Gasteiger partial charge in [-0.05, 0) is 30.5 Å². The standard InChI is InChI=1S/C12H15F3N2/c13-12(14,15)11(16)9-3-5-10(6-4-9)17-7-1-2-8-17/h3-6,11H,1-2,7-8,16H2/t11-/m1/s1. The van der Waals surface area contributed by atoms with E-state index >= 15 is 0 Å². The predicted molar refractivity (Wildman–Crippen MR) is 60.9 cm³/mol. The third kappa shape index (κ3) is 2.72. The quantitative estimate of drug-likeness (QED) is 0.866. The Bertz CT molecular complexity index is 366. The van der Waals surface area contributed by atoms with Crippen LogP contribution in [-0.4, -0.2) is 19.3 Å². The van der Waals surface area contributed by atoms with Crippen molar-refractivity contribution in [2.75, 3.05) is 18.0 Å². The minimum Gasteiger partial charge on any atom is -0.372 e. The molecule has 0 spiro atoms. The van der Waals surface area contributed by atoms with Crippen LogP contribution in [0, 0.1) is 0 Å². The summed E-state index contributed by atoms with van der Waals surface area (Å²) in [6, 6.07) is 4.46. The molecule has 1 heterocycles. The van der Waals surface area contributed by atoms with Crippen LogP contribution in [0.4, 0.5) is 18.9 Å². The van der Waals surface area contributed by atoms with Gasteiger partial charge in [0.05, 0.1) is 0 Å². The number of halogens is 3. The van der Waals surface area contributed by atoms with Gasteiger partial charge in [-0.25, -0.2) is 0 Å². The molecule has 2 rings (SSSR count). The first kappa shape index (κ1) is 12.2. The second-order valence-corrected chi connectivity index (χ2v) is 4.30. The van der Waals surface area contributed by atoms with Crippen LogP contribution in [0.2, 0.25) is 0 Å². The zero-order chi connectivity index (χ0) is 12.5. The van der Waals surface area contributed by atoms with E-state index in [1.807, 2.05) is 0 Å². The van der Waals surface area contributed by atoms with Crippen molar-refractivity contribution in [2.24, 2.45) is 5.73 Å². The summed E-state index contributed by atoms with van der Waals surface area (Å²) in [5.74, 6) is 0. The summed E-state index contributed by atoms with van der Waals surface area (Å²) >= 11 is 0. The van der Waals surface area contributed by atoms with Gasteiger partial charge < -0.3 is 10.6 Å². The SMILES string of the molecule is N[C@H](c1ccc(N2CCCC2)cc1)C(F)(F)F. The summed E-state index contributed by atoms with van der Waals surface area (Å²) < 4.78 is 37.2. The summed E-state index contributed by atoms with van der Waals surface area (Å²) in [7, 11) is 0. The van der Waals surface area contributed by atoms with Crippen LogP contribution in [0.3, 0.4) is 0 Å². The van der Waals surface area contributed by atoms with Gasteiger partial charge in [-0.2, -0.15) is 13.2 Å². The molecule has 5 heteroatoms. The molecule has 0 bridgehead atoms. The van der Waals surface area contributed by atoms with Crippen LogP contribution in [0.25, 0.3) is 0 Å². The number of benzene rings is 1. The molecule has 1 atom stereocenters. The van der Waals surface area contributed by atoms with Crippen molar-refractivity contribution in [1.82, 2.24) is 0 Å². The Hall–Kier alpha value is -1.23. The van der Waals surface area contributed by atoms with Crippen molar-refractivity contribution in [1.29, 1.82) is 0 Å². The lowest BCUT2D eigenvalue weighted by Gasteiger charge is -2.20. The predicted octanol–water partition coefficient (Wildman–Crippen LogP) is 2.85. The minimum atomic E-state index is -4.38. The molecule has 0 unspecified atom stereocenters. The maximum atomic E-state index is 12.4. The fraction of sp³-hybridized carbons (Fsp3) is 0.500. The normalized spacial score (nSPS) is 18.5. The van der Waals surface area contributed by atoms with Crippen molar-refractivity contribution in [3.05, 3.63) is 29.8 Å². The summed E-state index contributed by atoms with van der Waals surface area (Å²) in [6.45, 7) is 1.95. The highest BCUT2D eigenvalue weighted by molar-refractivity contribution is 5.48. The number of hydrogen-bond donors (Lipinski definition) is 1. The fourth-order valence-corrected chi connectivity index (χ4v) is 2.06. The number of anilines is 1. The van der Waals surface area contributed by atoms with Crippen molar-refractivity contribution in [2.45, 2.75) is 25.1 Å². The van der Waals surface area contributed by atoms with E-state index in [2.05, 4.69) is 4.90 Å². The van der Waals surface area contributed by atoms with Crippen molar-refractivity contribution < 1.29 is 13.2 Å². The smallest absolute Gasteiger partial charge is 0.372 e. The van der Waals surface area contributed by atoms with Gasteiger partial charge in [0, 0.05) is 18.8 Å². The Kier molecular flexibility index (Phi) is 3.28. The molecular formula is C12H15F3N2. The fourth-order valence-electron chi connectivity index (χ4n) is 2.06. The minimum absolute atomic E-state index is 0.112. The third-order valence-corrected chi connectivity index (χ3v) is 3.08. The zero-order valence-electron chi connectivity index (χ0n) is 9.37. The molecule has 94 valence electrons. The highest BCUT2D eigenvalue weighted by Crippen LogP contribution is 2.31. The van der Waals surface area contributed by atoms with Gasteiger partial charge in [-0.15, -0.1) is 0 Å². The Morgan fingerprint density at radius 2 is 1.59 bits per heavy atom. The molecular weight excluding hydrogens is 229 g/mol. The van der Waals surface area contributed by atoms with Crippen molar-refractivity contribution in [3.8, 4) is 0 Å². The molecule has 0 amide bonds. The van der Waals surface area contributed by atoms with Gasteiger partial charge in [-0.3, -0.25) is 0 Å². The van der Waals surface area contributed by atoms with Crippen LogP contribution in [0.5, 0.6) is 0 Å². The van der Waals surface area contributed by atoms with Gasteiger partial charge in [0.15, 0.2) is 0 Å². The van der Waals surface area contributed by atoms with E-state index in [0.717, 1.165) is 31.6 Å². The van der Waals surface area contributed by atoms with E-state index in [9.17, 15) is 13.2 Å². The third-order valence-electron chi connectivity index (χ3n) is 3.08. The molecule has 0 aliphatic carbocycles. The maximum absolute atomic E-state index is 12.4. The number of rotatable bonds is 2. The summed E-state index contributed by atoms with van der Waals surface area (Å²) in [6.07, 6.45) is -2.09. The van der Waals surface area contributed by atoms with Crippen LogP contribution in [0.15, 0.2) is 24.3 Å². The molecule has 1 aromatic carbocycles. The molecule has 2 nitrogen and oxygen atoms in total. The summed E-state index contributed by atoms with van der Waals surface area (Å²) in [4.78, 5) is 2.17. The Balaban J connectivity index is 2.12. The Labute approximate surface area is 98.2 Å². The molecule has 1 aliphatic rings. The monoisotopic (exact) mass is 244 g/mol.